The van der Waals surface area contributed by atoms with Gasteiger partial charge in [0.05, 0.1) is 0 Å². The number of likely N-dealkylation sites (N-methyl/N-ethyl adjacent to an activating group) is 1. The summed E-state index contributed by atoms with van der Waals surface area (Å²) in [4.78, 5) is 2.47. The van der Waals surface area contributed by atoms with Gasteiger partial charge >= 0.3 is 0 Å². The quantitative estimate of drug-likeness (QED) is 0.514. The van der Waals surface area contributed by atoms with E-state index < -0.39 is 0 Å². The summed E-state index contributed by atoms with van der Waals surface area (Å²) >= 11 is 5.59. The van der Waals surface area contributed by atoms with Gasteiger partial charge in [0.1, 0.15) is 0 Å². The Morgan fingerprint density at radius 1 is 1.29 bits per heavy atom. The average Bonchev–Trinajstić information content (AvgIpc) is 2.18. The highest BCUT2D eigenvalue weighted by molar-refractivity contribution is 6.18. The van der Waals surface area contributed by atoms with Gasteiger partial charge in [0.15, 0.2) is 0 Å². The van der Waals surface area contributed by atoms with Crippen molar-refractivity contribution in [1.82, 2.24) is 4.90 Å². The molecule has 2 heteroatoms. The molecule has 0 aromatic rings. The second-order valence-electron chi connectivity index (χ2n) is 4.39. The molecule has 0 N–H and O–H groups in total. The summed E-state index contributed by atoms with van der Waals surface area (Å²) in [7, 11) is 2.23. The van der Waals surface area contributed by atoms with Crippen LogP contribution in [0, 0.1) is 5.92 Å². The van der Waals surface area contributed by atoms with Gasteiger partial charge in [-0.1, -0.05) is 31.9 Å². The Morgan fingerprint density at radius 2 is 2.00 bits per heavy atom. The maximum Gasteiger partial charge on any atom is 0.0404 e. The summed E-state index contributed by atoms with van der Waals surface area (Å²) in [5.74, 6) is 1.49. The molecule has 2 atom stereocenters. The summed E-state index contributed by atoms with van der Waals surface area (Å²) in [6, 6.07) is 0.781. The normalized spacial score (nSPS) is 28.9. The Hall–Kier alpha value is -0.0100. The molecule has 1 saturated carbocycles. The molecular weight excluding hydrogens is 194 g/mol. The zero-order valence-electron chi connectivity index (χ0n) is 9.38. The fourth-order valence-corrected chi connectivity index (χ4v) is 2.52. The van der Waals surface area contributed by atoms with E-state index in [0.717, 1.165) is 18.5 Å². The van der Waals surface area contributed by atoms with Crippen molar-refractivity contribution in [2.45, 2.75) is 38.6 Å². The first kappa shape index (κ1) is 12.1. The highest BCUT2D eigenvalue weighted by Crippen LogP contribution is 2.27. The van der Waals surface area contributed by atoms with Crippen LogP contribution in [0.2, 0.25) is 0 Å². The lowest BCUT2D eigenvalue weighted by Crippen LogP contribution is -2.38. The van der Waals surface area contributed by atoms with Crippen molar-refractivity contribution < 1.29 is 0 Å². The molecule has 1 fully saturated rings. The summed E-state index contributed by atoms with van der Waals surface area (Å²) < 4.78 is 0. The molecule has 0 bridgehead atoms. The highest BCUT2D eigenvalue weighted by atomic mass is 35.5. The van der Waals surface area contributed by atoms with Crippen LogP contribution in [-0.4, -0.2) is 30.4 Å². The van der Waals surface area contributed by atoms with Gasteiger partial charge in [0, 0.05) is 18.5 Å². The van der Waals surface area contributed by atoms with Gasteiger partial charge < -0.3 is 0 Å². The van der Waals surface area contributed by atoms with Crippen molar-refractivity contribution >= 4 is 11.6 Å². The lowest BCUT2D eigenvalue weighted by atomic mass is 9.85. The van der Waals surface area contributed by atoms with E-state index >= 15 is 0 Å². The molecule has 82 valence electrons. The largest absolute Gasteiger partial charge is 0.300 e. The molecule has 1 nitrogen and oxygen atoms in total. The fraction of sp³-hybridized carbons (Fsp3) is 0.833. The van der Waals surface area contributed by atoms with Crippen molar-refractivity contribution in [1.29, 1.82) is 0 Å². The zero-order chi connectivity index (χ0) is 10.4. The maximum absolute atomic E-state index is 5.59. The molecule has 0 spiro atoms. The zero-order valence-corrected chi connectivity index (χ0v) is 10.1. The number of allylic oxidation sites excluding steroid dienone is 1. The van der Waals surface area contributed by atoms with E-state index in [9.17, 15) is 0 Å². The third kappa shape index (κ3) is 3.62. The maximum atomic E-state index is 5.59. The number of nitrogens with zero attached hydrogens (tertiary/aromatic N) is 1. The van der Waals surface area contributed by atoms with Crippen LogP contribution >= 0.6 is 11.6 Å². The smallest absolute Gasteiger partial charge is 0.0404 e. The minimum absolute atomic E-state index is 0.633. The van der Waals surface area contributed by atoms with Crippen LogP contribution in [0.15, 0.2) is 12.2 Å². The molecule has 1 rings (SSSR count). The summed E-state index contributed by atoms with van der Waals surface area (Å²) in [5.41, 5.74) is 0. The van der Waals surface area contributed by atoms with Crippen LogP contribution in [0.5, 0.6) is 0 Å². The van der Waals surface area contributed by atoms with E-state index in [-0.39, 0.29) is 0 Å². The standard InChI is InChI=1S/C12H22ClN/c1-11-7-3-4-8-12(11)14(2)10-6-5-9-13/h5-6,11-12H,3-4,7-10H2,1-2H3. The monoisotopic (exact) mass is 215 g/mol. The Kier molecular flexibility index (Phi) is 5.57. The third-order valence-electron chi connectivity index (χ3n) is 3.28. The summed E-state index contributed by atoms with van der Waals surface area (Å²) in [6.45, 7) is 3.42. The first-order valence-corrected chi connectivity index (χ1v) is 6.20. The van der Waals surface area contributed by atoms with E-state index in [0.29, 0.717) is 5.88 Å². The van der Waals surface area contributed by atoms with Crippen LogP contribution < -0.4 is 0 Å². The van der Waals surface area contributed by atoms with E-state index in [2.05, 4.69) is 24.9 Å². The van der Waals surface area contributed by atoms with Crippen molar-refractivity contribution in [2.24, 2.45) is 5.92 Å². The average molecular weight is 216 g/mol. The Labute approximate surface area is 93.1 Å². The van der Waals surface area contributed by atoms with Crippen LogP contribution in [0.4, 0.5) is 0 Å². The Bertz CT molecular complexity index is 179. The first-order valence-electron chi connectivity index (χ1n) is 5.67. The van der Waals surface area contributed by atoms with Gasteiger partial charge in [-0.3, -0.25) is 4.90 Å². The lowest BCUT2D eigenvalue weighted by molar-refractivity contribution is 0.152. The summed E-state index contributed by atoms with van der Waals surface area (Å²) in [6.07, 6.45) is 9.79. The minimum atomic E-state index is 0.633. The molecule has 0 saturated heterocycles. The number of alkyl halides is 1. The van der Waals surface area contributed by atoms with Crippen molar-refractivity contribution in [3.05, 3.63) is 12.2 Å². The van der Waals surface area contributed by atoms with Gasteiger partial charge in [-0.15, -0.1) is 11.6 Å². The molecule has 0 heterocycles. The topological polar surface area (TPSA) is 3.24 Å². The second kappa shape index (κ2) is 6.47. The van der Waals surface area contributed by atoms with Gasteiger partial charge in [0.2, 0.25) is 0 Å². The molecule has 1 aliphatic rings. The molecule has 2 unspecified atom stereocenters. The Balaban J connectivity index is 2.34. The van der Waals surface area contributed by atoms with Gasteiger partial charge in [0.25, 0.3) is 0 Å². The molecule has 14 heavy (non-hydrogen) atoms. The SMILES string of the molecule is CC1CCCCC1N(C)CC=CCCl. The fourth-order valence-electron chi connectivity index (χ4n) is 2.39. The van der Waals surface area contributed by atoms with E-state index in [4.69, 9.17) is 11.6 Å². The highest BCUT2D eigenvalue weighted by Gasteiger charge is 2.23. The molecule has 0 aliphatic heterocycles. The predicted molar refractivity (Wildman–Crippen MR) is 63.9 cm³/mol. The number of hydrogen-bond donors (Lipinski definition) is 0. The van der Waals surface area contributed by atoms with Crippen LogP contribution in [0.3, 0.4) is 0 Å². The van der Waals surface area contributed by atoms with Gasteiger partial charge in [-0.2, -0.15) is 0 Å². The van der Waals surface area contributed by atoms with Gasteiger partial charge in [-0.05, 0) is 25.8 Å². The van der Waals surface area contributed by atoms with Crippen molar-refractivity contribution in [2.75, 3.05) is 19.5 Å². The minimum Gasteiger partial charge on any atom is -0.300 e. The third-order valence-corrected chi connectivity index (χ3v) is 3.46. The summed E-state index contributed by atoms with van der Waals surface area (Å²) in [5, 5.41) is 0. The van der Waals surface area contributed by atoms with E-state index in [1.54, 1.807) is 0 Å². The number of hydrogen-bond acceptors (Lipinski definition) is 1. The second-order valence-corrected chi connectivity index (χ2v) is 4.70. The molecule has 1 aliphatic carbocycles. The molecule has 0 amide bonds. The Morgan fingerprint density at radius 3 is 2.64 bits per heavy atom. The molecule has 0 aromatic heterocycles. The van der Waals surface area contributed by atoms with E-state index in [1.165, 1.54) is 25.7 Å². The molecule has 0 radical (unpaired) electrons. The van der Waals surface area contributed by atoms with Gasteiger partial charge in [-0.25, -0.2) is 0 Å². The van der Waals surface area contributed by atoms with Crippen molar-refractivity contribution in [3.63, 3.8) is 0 Å². The lowest BCUT2D eigenvalue weighted by Gasteiger charge is -2.35. The first-order chi connectivity index (χ1) is 6.75. The number of rotatable bonds is 4. The predicted octanol–water partition coefficient (Wildman–Crippen LogP) is 3.29. The molecule has 0 aromatic carbocycles. The van der Waals surface area contributed by atoms with Crippen LogP contribution in [-0.2, 0) is 0 Å². The van der Waals surface area contributed by atoms with Crippen LogP contribution in [0.25, 0.3) is 0 Å². The molecular formula is C12H22ClN. The van der Waals surface area contributed by atoms with Crippen LogP contribution in [0.1, 0.15) is 32.6 Å². The van der Waals surface area contributed by atoms with E-state index in [1.807, 2.05) is 6.08 Å². The number of halogens is 1. The van der Waals surface area contributed by atoms with Crippen molar-refractivity contribution in [3.8, 4) is 0 Å².